The van der Waals surface area contributed by atoms with Gasteiger partial charge in [0, 0.05) is 11.8 Å². The standard InChI is InChI=1S/C11H12Br2O2/c1-15-11-3-2-8(4-10(14)7-13)9(5-11)6-12/h2-3,5H,4,6-7H2,1H3. The van der Waals surface area contributed by atoms with Crippen LogP contribution in [0.2, 0.25) is 0 Å². The molecule has 0 radical (unpaired) electrons. The summed E-state index contributed by atoms with van der Waals surface area (Å²) in [4.78, 5) is 11.3. The number of benzene rings is 1. The quantitative estimate of drug-likeness (QED) is 0.773. The SMILES string of the molecule is COc1ccc(CC(=O)CBr)c(CBr)c1. The fourth-order valence-electron chi connectivity index (χ4n) is 1.29. The maximum Gasteiger partial charge on any atom is 0.147 e. The zero-order valence-electron chi connectivity index (χ0n) is 8.43. The Morgan fingerprint density at radius 3 is 2.60 bits per heavy atom. The summed E-state index contributed by atoms with van der Waals surface area (Å²) >= 11 is 6.57. The molecular weight excluding hydrogens is 324 g/mol. The average molecular weight is 336 g/mol. The Kier molecular flexibility index (Phi) is 5.32. The lowest BCUT2D eigenvalue weighted by atomic mass is 10.0. The second kappa shape index (κ2) is 6.28. The van der Waals surface area contributed by atoms with Crippen molar-refractivity contribution in [2.75, 3.05) is 12.4 Å². The number of Topliss-reactive ketones (excluding diaryl/α,β-unsaturated/α-hetero) is 1. The van der Waals surface area contributed by atoms with Gasteiger partial charge in [0.1, 0.15) is 11.5 Å². The molecule has 1 aromatic carbocycles. The van der Waals surface area contributed by atoms with E-state index in [1.807, 2.05) is 18.2 Å². The van der Waals surface area contributed by atoms with Crippen LogP contribution in [-0.4, -0.2) is 18.2 Å². The topological polar surface area (TPSA) is 26.3 Å². The highest BCUT2D eigenvalue weighted by Crippen LogP contribution is 2.20. The van der Waals surface area contributed by atoms with Crippen molar-refractivity contribution in [3.05, 3.63) is 29.3 Å². The van der Waals surface area contributed by atoms with Gasteiger partial charge in [0.15, 0.2) is 0 Å². The van der Waals surface area contributed by atoms with Gasteiger partial charge in [-0.1, -0.05) is 37.9 Å². The first kappa shape index (κ1) is 12.7. The fourth-order valence-corrected chi connectivity index (χ4v) is 2.01. The molecule has 1 rings (SSSR count). The zero-order valence-corrected chi connectivity index (χ0v) is 11.6. The molecule has 0 amide bonds. The highest BCUT2D eigenvalue weighted by atomic mass is 79.9. The van der Waals surface area contributed by atoms with E-state index in [-0.39, 0.29) is 5.78 Å². The molecule has 0 unspecified atom stereocenters. The van der Waals surface area contributed by atoms with E-state index in [2.05, 4.69) is 31.9 Å². The van der Waals surface area contributed by atoms with Gasteiger partial charge in [-0.3, -0.25) is 4.79 Å². The van der Waals surface area contributed by atoms with Gasteiger partial charge in [0.05, 0.1) is 12.4 Å². The van der Waals surface area contributed by atoms with Crippen LogP contribution in [0.3, 0.4) is 0 Å². The summed E-state index contributed by atoms with van der Waals surface area (Å²) in [6, 6.07) is 5.77. The normalized spacial score (nSPS) is 10.1. The number of carbonyl (C=O) groups is 1. The van der Waals surface area contributed by atoms with Crippen LogP contribution in [0.1, 0.15) is 11.1 Å². The van der Waals surface area contributed by atoms with Crippen molar-refractivity contribution in [1.82, 2.24) is 0 Å². The van der Waals surface area contributed by atoms with Crippen molar-refractivity contribution < 1.29 is 9.53 Å². The van der Waals surface area contributed by atoms with Gasteiger partial charge in [-0.05, 0) is 23.3 Å². The molecule has 0 atom stereocenters. The summed E-state index contributed by atoms with van der Waals surface area (Å²) in [6.45, 7) is 0. The Bertz CT molecular complexity index is 350. The summed E-state index contributed by atoms with van der Waals surface area (Å²) < 4.78 is 5.13. The van der Waals surface area contributed by atoms with E-state index in [1.54, 1.807) is 7.11 Å². The number of hydrogen-bond acceptors (Lipinski definition) is 2. The van der Waals surface area contributed by atoms with Gasteiger partial charge in [-0.25, -0.2) is 0 Å². The third-order valence-corrected chi connectivity index (χ3v) is 3.32. The van der Waals surface area contributed by atoms with Gasteiger partial charge < -0.3 is 4.74 Å². The molecule has 4 heteroatoms. The molecule has 0 N–H and O–H groups in total. The van der Waals surface area contributed by atoms with Crippen LogP contribution >= 0.6 is 31.9 Å². The lowest BCUT2D eigenvalue weighted by Gasteiger charge is -2.08. The van der Waals surface area contributed by atoms with Crippen molar-refractivity contribution in [1.29, 1.82) is 0 Å². The molecule has 0 aliphatic rings. The molecule has 2 nitrogen and oxygen atoms in total. The number of halogens is 2. The second-order valence-corrected chi connectivity index (χ2v) is 4.24. The second-order valence-electron chi connectivity index (χ2n) is 3.12. The highest BCUT2D eigenvalue weighted by Gasteiger charge is 2.07. The molecule has 1 aromatic rings. The highest BCUT2D eigenvalue weighted by molar-refractivity contribution is 9.09. The first-order valence-electron chi connectivity index (χ1n) is 4.50. The average Bonchev–Trinajstić information content (AvgIpc) is 2.29. The Labute approximate surface area is 106 Å². The third-order valence-electron chi connectivity index (χ3n) is 2.09. The van der Waals surface area contributed by atoms with Crippen molar-refractivity contribution in [2.24, 2.45) is 0 Å². The number of ketones is 1. The predicted octanol–water partition coefficient (Wildman–Crippen LogP) is 3.10. The summed E-state index contributed by atoms with van der Waals surface area (Å²) in [6.07, 6.45) is 0.468. The summed E-state index contributed by atoms with van der Waals surface area (Å²) in [5.74, 6) is 1.00. The molecular formula is C11H12Br2O2. The monoisotopic (exact) mass is 334 g/mol. The largest absolute Gasteiger partial charge is 0.497 e. The molecule has 82 valence electrons. The maximum atomic E-state index is 11.3. The van der Waals surface area contributed by atoms with Crippen LogP contribution in [0.5, 0.6) is 5.75 Å². The summed E-state index contributed by atoms with van der Waals surface area (Å²) in [5.41, 5.74) is 2.15. The first-order chi connectivity index (χ1) is 7.21. The molecule has 0 saturated carbocycles. The summed E-state index contributed by atoms with van der Waals surface area (Å²) in [5, 5.41) is 1.13. The number of carbonyl (C=O) groups excluding carboxylic acids is 1. The van der Waals surface area contributed by atoms with Crippen molar-refractivity contribution in [2.45, 2.75) is 11.8 Å². The van der Waals surface area contributed by atoms with Gasteiger partial charge in [0.25, 0.3) is 0 Å². The summed E-state index contributed by atoms with van der Waals surface area (Å²) in [7, 11) is 1.64. The van der Waals surface area contributed by atoms with E-state index >= 15 is 0 Å². The van der Waals surface area contributed by atoms with Crippen LogP contribution in [-0.2, 0) is 16.5 Å². The van der Waals surface area contributed by atoms with Crippen LogP contribution in [0.25, 0.3) is 0 Å². The van der Waals surface area contributed by atoms with Crippen LogP contribution < -0.4 is 4.74 Å². The number of methoxy groups -OCH3 is 1. The fraction of sp³-hybridized carbons (Fsp3) is 0.364. The number of hydrogen-bond donors (Lipinski definition) is 0. The van der Waals surface area contributed by atoms with E-state index in [0.29, 0.717) is 11.8 Å². The first-order valence-corrected chi connectivity index (χ1v) is 6.75. The lowest BCUT2D eigenvalue weighted by molar-refractivity contribution is -0.115. The molecule has 0 saturated heterocycles. The molecule has 0 aromatic heterocycles. The molecule has 0 bridgehead atoms. The van der Waals surface area contributed by atoms with Gasteiger partial charge in [-0.15, -0.1) is 0 Å². The molecule has 0 spiro atoms. The van der Waals surface area contributed by atoms with E-state index in [0.717, 1.165) is 22.2 Å². The van der Waals surface area contributed by atoms with Crippen LogP contribution in [0.4, 0.5) is 0 Å². The Morgan fingerprint density at radius 2 is 2.07 bits per heavy atom. The van der Waals surface area contributed by atoms with E-state index in [4.69, 9.17) is 4.74 Å². The van der Waals surface area contributed by atoms with E-state index in [1.165, 1.54) is 0 Å². The van der Waals surface area contributed by atoms with Crippen LogP contribution in [0, 0.1) is 0 Å². The number of rotatable bonds is 5. The maximum absolute atomic E-state index is 11.3. The van der Waals surface area contributed by atoms with Crippen LogP contribution in [0.15, 0.2) is 18.2 Å². The van der Waals surface area contributed by atoms with Gasteiger partial charge in [-0.2, -0.15) is 0 Å². The number of alkyl halides is 2. The number of ether oxygens (including phenoxy) is 1. The Hall–Kier alpha value is -0.350. The Morgan fingerprint density at radius 1 is 1.33 bits per heavy atom. The predicted molar refractivity (Wildman–Crippen MR) is 68.1 cm³/mol. The zero-order chi connectivity index (χ0) is 11.3. The lowest BCUT2D eigenvalue weighted by Crippen LogP contribution is -2.05. The molecule has 0 aliphatic carbocycles. The smallest absolute Gasteiger partial charge is 0.147 e. The van der Waals surface area contributed by atoms with Crippen molar-refractivity contribution in [3.8, 4) is 5.75 Å². The minimum Gasteiger partial charge on any atom is -0.497 e. The van der Waals surface area contributed by atoms with E-state index < -0.39 is 0 Å². The van der Waals surface area contributed by atoms with Crippen molar-refractivity contribution >= 4 is 37.6 Å². The molecule has 0 fully saturated rings. The van der Waals surface area contributed by atoms with Gasteiger partial charge >= 0.3 is 0 Å². The van der Waals surface area contributed by atoms with Crippen molar-refractivity contribution in [3.63, 3.8) is 0 Å². The minimum absolute atomic E-state index is 0.183. The van der Waals surface area contributed by atoms with Gasteiger partial charge in [0.2, 0.25) is 0 Å². The Balaban J connectivity index is 2.92. The molecule has 15 heavy (non-hydrogen) atoms. The molecule has 0 heterocycles. The van der Waals surface area contributed by atoms with E-state index in [9.17, 15) is 4.79 Å². The molecule has 0 aliphatic heterocycles. The third kappa shape index (κ3) is 3.61. The minimum atomic E-state index is 0.183.